The predicted molar refractivity (Wildman–Crippen MR) is 85.1 cm³/mol. The number of hydrogen-bond acceptors (Lipinski definition) is 3. The topological polar surface area (TPSA) is 35.0 Å². The predicted octanol–water partition coefficient (Wildman–Crippen LogP) is 4.96. The Bertz CT molecular complexity index is 585. The van der Waals surface area contributed by atoms with Gasteiger partial charge in [0.05, 0.1) is 0 Å². The lowest BCUT2D eigenvalue weighted by Crippen LogP contribution is -1.97. The zero-order chi connectivity index (χ0) is 14.0. The Labute approximate surface area is 131 Å². The van der Waals surface area contributed by atoms with Crippen LogP contribution in [0.3, 0.4) is 0 Å². The Hall–Kier alpha value is -0.880. The fourth-order valence-electron chi connectivity index (χ4n) is 1.67. The van der Waals surface area contributed by atoms with Crippen molar-refractivity contribution in [3.8, 4) is 11.8 Å². The summed E-state index contributed by atoms with van der Waals surface area (Å²) in [5.74, 6) is 1.09. The zero-order valence-electron chi connectivity index (χ0n) is 10.9. The molecule has 2 aromatic rings. The Balaban J connectivity index is 2.34. The first-order valence-electron chi connectivity index (χ1n) is 5.93. The number of halogens is 2. The Morgan fingerprint density at radius 2 is 1.84 bits per heavy atom. The minimum atomic E-state index is 0.341. The molecule has 0 atom stereocenters. The van der Waals surface area contributed by atoms with Crippen molar-refractivity contribution >= 4 is 34.2 Å². The molecule has 0 N–H and O–H groups in total. The van der Waals surface area contributed by atoms with Crippen molar-refractivity contribution in [1.29, 1.82) is 0 Å². The van der Waals surface area contributed by atoms with E-state index in [0.717, 1.165) is 25.5 Å². The van der Waals surface area contributed by atoms with Crippen LogP contribution in [-0.2, 0) is 0 Å². The smallest absolute Gasteiger partial charge is 0.321 e. The number of rotatable bonds is 3. The molecule has 0 aliphatic carbocycles. The highest BCUT2D eigenvalue weighted by Crippen LogP contribution is 2.32. The van der Waals surface area contributed by atoms with Gasteiger partial charge in [0.15, 0.2) is 0 Å². The van der Waals surface area contributed by atoms with Crippen molar-refractivity contribution in [1.82, 2.24) is 9.97 Å². The van der Waals surface area contributed by atoms with E-state index in [1.807, 2.05) is 19.1 Å². The molecular formula is C14H14ClIN2O. The summed E-state index contributed by atoms with van der Waals surface area (Å²) in [7, 11) is 0. The summed E-state index contributed by atoms with van der Waals surface area (Å²) in [4.78, 5) is 8.28. The van der Waals surface area contributed by atoms with Crippen LogP contribution in [0.25, 0.3) is 0 Å². The van der Waals surface area contributed by atoms with E-state index in [4.69, 9.17) is 16.3 Å². The summed E-state index contributed by atoms with van der Waals surface area (Å²) < 4.78 is 6.70. The summed E-state index contributed by atoms with van der Waals surface area (Å²) in [6.45, 7) is 6.15. The van der Waals surface area contributed by atoms with Crippen molar-refractivity contribution in [2.24, 2.45) is 0 Å². The molecule has 0 aliphatic heterocycles. The third-order valence-electron chi connectivity index (χ3n) is 2.71. The van der Waals surface area contributed by atoms with E-state index < -0.39 is 0 Å². The molecule has 19 heavy (non-hydrogen) atoms. The van der Waals surface area contributed by atoms with Crippen molar-refractivity contribution in [2.45, 2.75) is 26.7 Å². The molecule has 0 saturated carbocycles. The van der Waals surface area contributed by atoms with E-state index in [1.165, 1.54) is 0 Å². The van der Waals surface area contributed by atoms with Crippen LogP contribution in [0.1, 0.15) is 30.9 Å². The summed E-state index contributed by atoms with van der Waals surface area (Å²) in [6.07, 6.45) is 3.44. The van der Waals surface area contributed by atoms with Gasteiger partial charge in [0.2, 0.25) is 0 Å². The van der Waals surface area contributed by atoms with Crippen LogP contribution < -0.4 is 4.74 Å². The van der Waals surface area contributed by atoms with Gasteiger partial charge in [-0.15, -0.1) is 0 Å². The van der Waals surface area contributed by atoms with Crippen molar-refractivity contribution < 1.29 is 4.74 Å². The second-order valence-corrected chi connectivity index (χ2v) is 6.23. The molecular weight excluding hydrogens is 375 g/mol. The summed E-state index contributed by atoms with van der Waals surface area (Å²) >= 11 is 8.39. The lowest BCUT2D eigenvalue weighted by molar-refractivity contribution is 0.437. The highest BCUT2D eigenvalue weighted by Gasteiger charge is 2.11. The number of benzene rings is 1. The first-order valence-corrected chi connectivity index (χ1v) is 7.38. The molecule has 0 unspecified atom stereocenters. The van der Waals surface area contributed by atoms with Crippen LogP contribution in [0.15, 0.2) is 24.5 Å². The molecule has 0 spiro atoms. The molecule has 2 rings (SSSR count). The number of nitrogens with zero attached hydrogens (tertiary/aromatic N) is 2. The fraction of sp³-hybridized carbons (Fsp3) is 0.286. The average molecular weight is 389 g/mol. The second-order valence-electron chi connectivity index (χ2n) is 4.58. The maximum absolute atomic E-state index is 6.23. The van der Waals surface area contributed by atoms with Crippen LogP contribution in [0.2, 0.25) is 5.02 Å². The Kier molecular flexibility index (Phi) is 4.62. The molecule has 1 aromatic carbocycles. The fourth-order valence-corrected chi connectivity index (χ4v) is 2.39. The molecule has 0 aliphatic rings. The number of hydrogen-bond donors (Lipinski definition) is 0. The molecule has 1 heterocycles. The SMILES string of the molecule is Cc1cc(Cl)c(C(C)C)cc1Oc1ncc(I)cn1. The summed E-state index contributed by atoms with van der Waals surface area (Å²) in [5.41, 5.74) is 2.03. The summed E-state index contributed by atoms with van der Waals surface area (Å²) in [5, 5.41) is 0.767. The monoisotopic (exact) mass is 388 g/mol. The maximum Gasteiger partial charge on any atom is 0.321 e. The molecule has 1 aromatic heterocycles. The lowest BCUT2D eigenvalue weighted by atomic mass is 10.0. The normalized spacial score (nSPS) is 10.8. The number of aryl methyl sites for hydroxylation is 1. The largest absolute Gasteiger partial charge is 0.424 e. The first-order chi connectivity index (χ1) is 8.97. The molecule has 3 nitrogen and oxygen atoms in total. The van der Waals surface area contributed by atoms with E-state index in [-0.39, 0.29) is 0 Å². The average Bonchev–Trinajstić information content (AvgIpc) is 2.34. The van der Waals surface area contributed by atoms with Gasteiger partial charge in [0.25, 0.3) is 0 Å². The number of aromatic nitrogens is 2. The van der Waals surface area contributed by atoms with Gasteiger partial charge in [-0.3, -0.25) is 0 Å². The lowest BCUT2D eigenvalue weighted by Gasteiger charge is -2.13. The molecule has 100 valence electrons. The van der Waals surface area contributed by atoms with Crippen molar-refractivity contribution in [2.75, 3.05) is 0 Å². The minimum Gasteiger partial charge on any atom is -0.424 e. The van der Waals surface area contributed by atoms with Crippen LogP contribution in [0.5, 0.6) is 11.8 Å². The van der Waals surface area contributed by atoms with Gasteiger partial charge in [0.1, 0.15) is 5.75 Å². The van der Waals surface area contributed by atoms with E-state index in [1.54, 1.807) is 12.4 Å². The molecule has 0 amide bonds. The molecule has 0 radical (unpaired) electrons. The van der Waals surface area contributed by atoms with Gasteiger partial charge in [0, 0.05) is 21.0 Å². The van der Waals surface area contributed by atoms with E-state index in [0.29, 0.717) is 11.9 Å². The van der Waals surface area contributed by atoms with Crippen LogP contribution in [-0.4, -0.2) is 9.97 Å². The van der Waals surface area contributed by atoms with Crippen LogP contribution in [0.4, 0.5) is 0 Å². The first kappa shape index (κ1) is 14.5. The summed E-state index contributed by atoms with van der Waals surface area (Å²) in [6, 6.07) is 4.23. The van der Waals surface area contributed by atoms with E-state index >= 15 is 0 Å². The zero-order valence-corrected chi connectivity index (χ0v) is 13.9. The Morgan fingerprint density at radius 3 is 2.42 bits per heavy atom. The van der Waals surface area contributed by atoms with Gasteiger partial charge >= 0.3 is 6.01 Å². The van der Waals surface area contributed by atoms with Gasteiger partial charge in [-0.25, -0.2) is 9.97 Å². The maximum atomic E-state index is 6.23. The highest BCUT2D eigenvalue weighted by molar-refractivity contribution is 14.1. The Morgan fingerprint density at radius 1 is 1.21 bits per heavy atom. The molecule has 0 fully saturated rings. The third-order valence-corrected chi connectivity index (χ3v) is 3.60. The van der Waals surface area contributed by atoms with Gasteiger partial charge in [-0.2, -0.15) is 0 Å². The molecule has 5 heteroatoms. The molecule has 0 saturated heterocycles. The third kappa shape index (κ3) is 3.57. The van der Waals surface area contributed by atoms with Crippen molar-refractivity contribution in [3.63, 3.8) is 0 Å². The van der Waals surface area contributed by atoms with E-state index in [9.17, 15) is 0 Å². The van der Waals surface area contributed by atoms with Gasteiger partial charge in [-0.1, -0.05) is 25.4 Å². The van der Waals surface area contributed by atoms with Gasteiger partial charge < -0.3 is 4.74 Å². The minimum absolute atomic E-state index is 0.341. The number of ether oxygens (including phenoxy) is 1. The highest BCUT2D eigenvalue weighted by atomic mass is 127. The van der Waals surface area contributed by atoms with E-state index in [2.05, 4.69) is 46.4 Å². The van der Waals surface area contributed by atoms with Crippen LogP contribution >= 0.6 is 34.2 Å². The second kappa shape index (κ2) is 6.05. The van der Waals surface area contributed by atoms with Gasteiger partial charge in [-0.05, 0) is 58.7 Å². The molecule has 0 bridgehead atoms. The quantitative estimate of drug-likeness (QED) is 0.697. The van der Waals surface area contributed by atoms with Crippen LogP contribution in [0, 0.1) is 10.5 Å². The van der Waals surface area contributed by atoms with Crippen molar-refractivity contribution in [3.05, 3.63) is 44.2 Å². The standard InChI is InChI=1S/C14H14ClIN2O/c1-8(2)11-5-13(9(3)4-12(11)15)19-14-17-6-10(16)7-18-14/h4-8H,1-3H3.